The van der Waals surface area contributed by atoms with E-state index in [1.165, 1.54) is 19.3 Å². The summed E-state index contributed by atoms with van der Waals surface area (Å²) in [4.78, 5) is 0.606. The zero-order valence-electron chi connectivity index (χ0n) is 6.64. The van der Waals surface area contributed by atoms with Crippen LogP contribution in [0.3, 0.4) is 0 Å². The van der Waals surface area contributed by atoms with E-state index < -0.39 is 0 Å². The fourth-order valence-electron chi connectivity index (χ4n) is 1.38. The first-order chi connectivity index (χ1) is 4.70. The fourth-order valence-corrected chi connectivity index (χ4v) is 2.10. The van der Waals surface area contributed by atoms with Gasteiger partial charge in [-0.25, -0.2) is 0 Å². The lowest BCUT2D eigenvalue weighted by Crippen LogP contribution is -2.21. The van der Waals surface area contributed by atoms with E-state index in [0.29, 0.717) is 17.0 Å². The molecule has 0 radical (unpaired) electrons. The lowest BCUT2D eigenvalue weighted by atomic mass is 10.3. The highest BCUT2D eigenvalue weighted by molar-refractivity contribution is 9.09. The van der Waals surface area contributed by atoms with E-state index in [-0.39, 0.29) is 0 Å². The highest BCUT2D eigenvalue weighted by atomic mass is 79.9. The molecule has 1 fully saturated rings. The van der Waals surface area contributed by atoms with Crippen LogP contribution in [0.4, 0.5) is 0 Å². The Morgan fingerprint density at radius 1 is 1.40 bits per heavy atom. The monoisotopic (exact) mass is 206 g/mol. The van der Waals surface area contributed by atoms with Crippen molar-refractivity contribution in [2.45, 2.75) is 50.1 Å². The number of hydrogen-bond donors (Lipinski definition) is 0. The standard InChI is InChI=1S/C8H15BrO/c1-6(2)10-8-5-3-4-7(8)9/h6-8H,3-5H2,1-2H3/t7-,8-/m0/s1. The zero-order valence-corrected chi connectivity index (χ0v) is 8.23. The van der Waals surface area contributed by atoms with Crippen LogP contribution in [0.1, 0.15) is 33.1 Å². The van der Waals surface area contributed by atoms with Crippen molar-refractivity contribution in [2.75, 3.05) is 0 Å². The van der Waals surface area contributed by atoms with Crippen molar-refractivity contribution in [3.05, 3.63) is 0 Å². The average molecular weight is 207 g/mol. The summed E-state index contributed by atoms with van der Waals surface area (Å²) < 4.78 is 5.68. The van der Waals surface area contributed by atoms with Crippen molar-refractivity contribution in [3.63, 3.8) is 0 Å². The van der Waals surface area contributed by atoms with Gasteiger partial charge >= 0.3 is 0 Å². The predicted molar refractivity (Wildman–Crippen MR) is 46.6 cm³/mol. The minimum atomic E-state index is 0.378. The van der Waals surface area contributed by atoms with Gasteiger partial charge in [-0.15, -0.1) is 0 Å². The minimum absolute atomic E-state index is 0.378. The van der Waals surface area contributed by atoms with Gasteiger partial charge in [0.1, 0.15) is 0 Å². The van der Waals surface area contributed by atoms with E-state index in [4.69, 9.17) is 4.74 Å². The summed E-state index contributed by atoms with van der Waals surface area (Å²) >= 11 is 3.61. The average Bonchev–Trinajstić information content (AvgIpc) is 2.15. The van der Waals surface area contributed by atoms with Crippen LogP contribution in [-0.4, -0.2) is 17.0 Å². The summed E-state index contributed by atoms with van der Waals surface area (Å²) in [5.74, 6) is 0. The molecule has 0 heterocycles. The molecule has 0 N–H and O–H groups in total. The number of alkyl halides is 1. The third-order valence-electron chi connectivity index (χ3n) is 1.82. The summed E-state index contributed by atoms with van der Waals surface area (Å²) in [7, 11) is 0. The van der Waals surface area contributed by atoms with Crippen LogP contribution in [0.25, 0.3) is 0 Å². The van der Waals surface area contributed by atoms with Gasteiger partial charge in [0.2, 0.25) is 0 Å². The maximum Gasteiger partial charge on any atom is 0.0703 e. The molecule has 2 atom stereocenters. The Morgan fingerprint density at radius 2 is 2.10 bits per heavy atom. The van der Waals surface area contributed by atoms with Gasteiger partial charge in [0.15, 0.2) is 0 Å². The van der Waals surface area contributed by atoms with E-state index in [0.717, 1.165) is 0 Å². The fraction of sp³-hybridized carbons (Fsp3) is 1.00. The normalized spacial score (nSPS) is 33.6. The summed E-state index contributed by atoms with van der Waals surface area (Å²) in [5, 5.41) is 0. The van der Waals surface area contributed by atoms with Crippen molar-refractivity contribution in [1.82, 2.24) is 0 Å². The second kappa shape index (κ2) is 3.72. The molecule has 0 amide bonds. The molecule has 0 unspecified atom stereocenters. The van der Waals surface area contributed by atoms with Gasteiger partial charge < -0.3 is 4.74 Å². The van der Waals surface area contributed by atoms with Gasteiger partial charge in [0.25, 0.3) is 0 Å². The number of halogens is 1. The summed E-state index contributed by atoms with van der Waals surface area (Å²) in [6, 6.07) is 0. The Labute approximate surface area is 71.3 Å². The molecule has 60 valence electrons. The van der Waals surface area contributed by atoms with Gasteiger partial charge in [-0.3, -0.25) is 0 Å². The van der Waals surface area contributed by atoms with Gasteiger partial charge in [-0.2, -0.15) is 0 Å². The molecule has 1 aliphatic rings. The molecule has 0 aromatic rings. The maximum absolute atomic E-state index is 5.68. The lowest BCUT2D eigenvalue weighted by Gasteiger charge is -2.17. The van der Waals surface area contributed by atoms with Crippen molar-refractivity contribution in [3.8, 4) is 0 Å². The van der Waals surface area contributed by atoms with E-state index in [9.17, 15) is 0 Å². The van der Waals surface area contributed by atoms with Gasteiger partial charge in [0.05, 0.1) is 12.2 Å². The minimum Gasteiger partial charge on any atom is -0.374 e. The van der Waals surface area contributed by atoms with Crippen LogP contribution < -0.4 is 0 Å². The molecule has 0 aromatic carbocycles. The highest BCUT2D eigenvalue weighted by Crippen LogP contribution is 2.28. The topological polar surface area (TPSA) is 9.23 Å². The second-order valence-electron chi connectivity index (χ2n) is 3.17. The molecule has 1 rings (SSSR count). The molecule has 0 aromatic heterocycles. The van der Waals surface area contributed by atoms with Gasteiger partial charge in [-0.1, -0.05) is 15.9 Å². The van der Waals surface area contributed by atoms with Crippen LogP contribution in [-0.2, 0) is 4.74 Å². The first-order valence-electron chi connectivity index (χ1n) is 3.99. The Morgan fingerprint density at radius 3 is 2.50 bits per heavy atom. The largest absolute Gasteiger partial charge is 0.374 e. The second-order valence-corrected chi connectivity index (χ2v) is 4.35. The zero-order chi connectivity index (χ0) is 7.56. The molecule has 0 spiro atoms. The maximum atomic E-state index is 5.68. The number of ether oxygens (including phenoxy) is 1. The van der Waals surface area contributed by atoms with Crippen LogP contribution >= 0.6 is 15.9 Å². The first kappa shape index (κ1) is 8.54. The SMILES string of the molecule is CC(C)O[C@H]1CCC[C@@H]1Br. The summed E-state index contributed by atoms with van der Waals surface area (Å²) in [5.41, 5.74) is 0. The number of hydrogen-bond acceptors (Lipinski definition) is 1. The van der Waals surface area contributed by atoms with E-state index in [2.05, 4.69) is 29.8 Å². The third kappa shape index (κ3) is 2.24. The van der Waals surface area contributed by atoms with Crippen molar-refractivity contribution < 1.29 is 4.74 Å². The molecule has 10 heavy (non-hydrogen) atoms. The quantitative estimate of drug-likeness (QED) is 0.632. The smallest absolute Gasteiger partial charge is 0.0703 e. The highest BCUT2D eigenvalue weighted by Gasteiger charge is 2.25. The first-order valence-corrected chi connectivity index (χ1v) is 4.91. The van der Waals surface area contributed by atoms with Crippen molar-refractivity contribution in [1.29, 1.82) is 0 Å². The Balaban J connectivity index is 2.26. The molecular weight excluding hydrogens is 192 g/mol. The van der Waals surface area contributed by atoms with Gasteiger partial charge in [0, 0.05) is 4.83 Å². The molecule has 2 heteroatoms. The van der Waals surface area contributed by atoms with E-state index in [1.807, 2.05) is 0 Å². The van der Waals surface area contributed by atoms with Crippen LogP contribution in [0.2, 0.25) is 0 Å². The Hall–Kier alpha value is 0.440. The molecule has 0 aliphatic heterocycles. The van der Waals surface area contributed by atoms with E-state index in [1.54, 1.807) is 0 Å². The van der Waals surface area contributed by atoms with Crippen LogP contribution in [0.5, 0.6) is 0 Å². The molecule has 0 bridgehead atoms. The predicted octanol–water partition coefficient (Wildman–Crippen LogP) is 2.73. The molecule has 1 aliphatic carbocycles. The molecule has 1 nitrogen and oxygen atoms in total. The summed E-state index contributed by atoms with van der Waals surface area (Å²) in [6.45, 7) is 4.19. The van der Waals surface area contributed by atoms with Crippen molar-refractivity contribution in [2.24, 2.45) is 0 Å². The molecule has 0 saturated heterocycles. The molecule has 1 saturated carbocycles. The lowest BCUT2D eigenvalue weighted by molar-refractivity contribution is 0.0164. The van der Waals surface area contributed by atoms with Gasteiger partial charge in [-0.05, 0) is 33.1 Å². The Kier molecular flexibility index (Phi) is 3.18. The van der Waals surface area contributed by atoms with E-state index >= 15 is 0 Å². The third-order valence-corrected chi connectivity index (χ3v) is 2.87. The number of rotatable bonds is 2. The summed E-state index contributed by atoms with van der Waals surface area (Å²) in [6.07, 6.45) is 4.67. The van der Waals surface area contributed by atoms with Crippen molar-refractivity contribution >= 4 is 15.9 Å². The molecular formula is C8H15BrO. The van der Waals surface area contributed by atoms with Crippen LogP contribution in [0.15, 0.2) is 0 Å². The van der Waals surface area contributed by atoms with Crippen LogP contribution in [0, 0.1) is 0 Å². The Bertz CT molecular complexity index is 103.